The summed E-state index contributed by atoms with van der Waals surface area (Å²) in [4.78, 5) is 27.6. The summed E-state index contributed by atoms with van der Waals surface area (Å²) in [6.45, 7) is 5.39. The first kappa shape index (κ1) is 16.9. The molecule has 8 nitrogen and oxygen atoms in total. The van der Waals surface area contributed by atoms with Crippen LogP contribution in [0.3, 0.4) is 0 Å². The van der Waals surface area contributed by atoms with Crippen LogP contribution in [0.5, 0.6) is 0 Å². The van der Waals surface area contributed by atoms with Gasteiger partial charge in [0.2, 0.25) is 11.8 Å². The van der Waals surface area contributed by atoms with Crippen LogP contribution in [0, 0.1) is 0 Å². The fraction of sp³-hybridized carbons (Fsp3) is 0.750. The number of carbonyl (C=O) groups is 2. The molecule has 132 valence electrons. The normalized spacial score (nSPS) is 24.9. The Labute approximate surface area is 141 Å². The van der Waals surface area contributed by atoms with Gasteiger partial charge >= 0.3 is 0 Å². The highest BCUT2D eigenvalue weighted by Crippen LogP contribution is 2.31. The summed E-state index contributed by atoms with van der Waals surface area (Å²) in [5, 5.41) is 18.9. The van der Waals surface area contributed by atoms with Crippen molar-refractivity contribution in [1.82, 2.24) is 24.8 Å². The molecule has 0 radical (unpaired) electrons. The van der Waals surface area contributed by atoms with Gasteiger partial charge in [0, 0.05) is 32.0 Å². The van der Waals surface area contributed by atoms with E-state index in [-0.39, 0.29) is 30.9 Å². The van der Waals surface area contributed by atoms with E-state index in [1.165, 1.54) is 0 Å². The number of aliphatic hydroxyl groups is 1. The molecule has 1 aromatic heterocycles. The molecule has 0 aromatic carbocycles. The molecule has 3 rings (SSSR count). The Morgan fingerprint density at radius 2 is 2.17 bits per heavy atom. The Bertz CT molecular complexity index is 629. The van der Waals surface area contributed by atoms with Crippen molar-refractivity contribution in [3.05, 3.63) is 11.9 Å². The summed E-state index contributed by atoms with van der Waals surface area (Å²) in [5.41, 5.74) is -0.658. The summed E-state index contributed by atoms with van der Waals surface area (Å²) in [5.74, 6) is -0.0682. The van der Waals surface area contributed by atoms with Crippen LogP contribution in [0.1, 0.15) is 51.3 Å². The van der Waals surface area contributed by atoms with Gasteiger partial charge in [0.1, 0.15) is 11.3 Å². The number of carbonyl (C=O) groups excluding carboxylic acids is 2. The highest BCUT2D eigenvalue weighted by Gasteiger charge is 2.42. The molecular weight excluding hydrogens is 310 g/mol. The lowest BCUT2D eigenvalue weighted by molar-refractivity contribution is -0.141. The lowest BCUT2D eigenvalue weighted by Gasteiger charge is -2.28. The number of piperidine rings is 1. The first-order chi connectivity index (χ1) is 11.4. The average Bonchev–Trinajstić information content (AvgIpc) is 3.17. The van der Waals surface area contributed by atoms with Gasteiger partial charge in [-0.05, 0) is 26.7 Å². The maximum absolute atomic E-state index is 12.5. The topological polar surface area (TPSA) is 91.6 Å². The van der Waals surface area contributed by atoms with Crippen LogP contribution in [-0.2, 0) is 15.2 Å². The number of aromatic nitrogens is 3. The standard InChI is InChI=1S/C16H25N5O3/c1-12(2)21-9-13(17-18-21)16(24)6-8-20(11-16)15(23)10-19-7-4-3-5-14(19)22/h9,12,24H,3-8,10-11H2,1-2H3/t16-/m1/s1. The zero-order valence-electron chi connectivity index (χ0n) is 14.3. The minimum absolute atomic E-state index is 0.0453. The van der Waals surface area contributed by atoms with E-state index >= 15 is 0 Å². The molecule has 0 aliphatic carbocycles. The number of likely N-dealkylation sites (tertiary alicyclic amines) is 2. The van der Waals surface area contributed by atoms with E-state index in [0.717, 1.165) is 12.8 Å². The Balaban J connectivity index is 1.63. The van der Waals surface area contributed by atoms with Crippen LogP contribution < -0.4 is 0 Å². The van der Waals surface area contributed by atoms with Gasteiger partial charge in [-0.1, -0.05) is 5.21 Å². The SMILES string of the molecule is CC(C)n1cc([C@@]2(O)CCN(C(=O)CN3CCCCC3=O)C2)nn1. The fourth-order valence-electron chi connectivity index (χ4n) is 3.25. The molecule has 2 amide bonds. The van der Waals surface area contributed by atoms with E-state index < -0.39 is 5.60 Å². The Hall–Kier alpha value is -1.96. The molecule has 0 spiro atoms. The predicted octanol–water partition coefficient (Wildman–Crippen LogP) is 0.291. The molecular formula is C16H25N5O3. The fourth-order valence-corrected chi connectivity index (χ4v) is 3.25. The quantitative estimate of drug-likeness (QED) is 0.854. The third-order valence-corrected chi connectivity index (χ3v) is 4.86. The third kappa shape index (κ3) is 3.28. The molecule has 0 bridgehead atoms. The van der Waals surface area contributed by atoms with Crippen molar-refractivity contribution in [3.8, 4) is 0 Å². The second-order valence-corrected chi connectivity index (χ2v) is 7.05. The summed E-state index contributed by atoms with van der Waals surface area (Å²) >= 11 is 0. The molecule has 1 N–H and O–H groups in total. The van der Waals surface area contributed by atoms with Crippen LogP contribution in [0.4, 0.5) is 0 Å². The molecule has 3 heterocycles. The first-order valence-corrected chi connectivity index (χ1v) is 8.59. The van der Waals surface area contributed by atoms with Gasteiger partial charge in [-0.15, -0.1) is 5.10 Å². The molecule has 1 atom stereocenters. The monoisotopic (exact) mass is 335 g/mol. The van der Waals surface area contributed by atoms with Gasteiger partial charge in [0.15, 0.2) is 0 Å². The largest absolute Gasteiger partial charge is 0.381 e. The molecule has 2 aliphatic rings. The average molecular weight is 335 g/mol. The predicted molar refractivity (Wildman–Crippen MR) is 85.9 cm³/mol. The van der Waals surface area contributed by atoms with E-state index in [0.29, 0.717) is 31.6 Å². The zero-order valence-corrected chi connectivity index (χ0v) is 14.3. The minimum atomic E-state index is -1.16. The smallest absolute Gasteiger partial charge is 0.242 e. The van der Waals surface area contributed by atoms with Crippen molar-refractivity contribution in [2.24, 2.45) is 0 Å². The molecule has 2 fully saturated rings. The number of nitrogens with zero attached hydrogens (tertiary/aromatic N) is 5. The van der Waals surface area contributed by atoms with Crippen LogP contribution in [-0.4, -0.2) is 67.9 Å². The van der Waals surface area contributed by atoms with Crippen LogP contribution >= 0.6 is 0 Å². The van der Waals surface area contributed by atoms with Crippen LogP contribution in [0.15, 0.2) is 6.20 Å². The zero-order chi connectivity index (χ0) is 17.3. The van der Waals surface area contributed by atoms with Crippen molar-refractivity contribution < 1.29 is 14.7 Å². The molecule has 2 aliphatic heterocycles. The molecule has 2 saturated heterocycles. The van der Waals surface area contributed by atoms with E-state index in [1.807, 2.05) is 13.8 Å². The maximum atomic E-state index is 12.5. The summed E-state index contributed by atoms with van der Waals surface area (Å²) in [6, 6.07) is 0.166. The second-order valence-electron chi connectivity index (χ2n) is 7.05. The number of amides is 2. The summed E-state index contributed by atoms with van der Waals surface area (Å²) in [6.07, 6.45) is 4.55. The molecule has 0 saturated carbocycles. The van der Waals surface area contributed by atoms with Crippen LogP contribution in [0.2, 0.25) is 0 Å². The number of hydrogen-bond donors (Lipinski definition) is 1. The van der Waals surface area contributed by atoms with Gasteiger partial charge in [0.25, 0.3) is 0 Å². The van der Waals surface area contributed by atoms with Crippen molar-refractivity contribution in [2.45, 2.75) is 51.2 Å². The van der Waals surface area contributed by atoms with Crippen molar-refractivity contribution in [1.29, 1.82) is 0 Å². The van der Waals surface area contributed by atoms with Crippen LogP contribution in [0.25, 0.3) is 0 Å². The second kappa shape index (κ2) is 6.51. The number of β-amino-alcohol motifs (C(OH)–C–C–N with tert-alkyl or cyclic N) is 1. The van der Waals surface area contributed by atoms with Crippen molar-refractivity contribution in [3.63, 3.8) is 0 Å². The minimum Gasteiger partial charge on any atom is -0.381 e. The molecule has 0 unspecified atom stereocenters. The number of hydrogen-bond acceptors (Lipinski definition) is 5. The third-order valence-electron chi connectivity index (χ3n) is 4.86. The summed E-state index contributed by atoms with van der Waals surface area (Å²) < 4.78 is 1.70. The molecule has 1 aromatic rings. The van der Waals surface area contributed by atoms with Crippen molar-refractivity contribution >= 4 is 11.8 Å². The highest BCUT2D eigenvalue weighted by atomic mass is 16.3. The molecule has 24 heavy (non-hydrogen) atoms. The first-order valence-electron chi connectivity index (χ1n) is 8.59. The summed E-state index contributed by atoms with van der Waals surface area (Å²) in [7, 11) is 0. The van der Waals surface area contributed by atoms with E-state index in [4.69, 9.17) is 0 Å². The van der Waals surface area contributed by atoms with Crippen molar-refractivity contribution in [2.75, 3.05) is 26.2 Å². The lowest BCUT2D eigenvalue weighted by atomic mass is 10.00. The van der Waals surface area contributed by atoms with E-state index in [9.17, 15) is 14.7 Å². The van der Waals surface area contributed by atoms with Gasteiger partial charge in [-0.25, -0.2) is 4.68 Å². The Kier molecular flexibility index (Phi) is 4.58. The van der Waals surface area contributed by atoms with Gasteiger partial charge in [0.05, 0.1) is 19.3 Å². The highest BCUT2D eigenvalue weighted by molar-refractivity contribution is 5.85. The maximum Gasteiger partial charge on any atom is 0.242 e. The molecule has 8 heteroatoms. The van der Waals surface area contributed by atoms with Gasteiger partial charge < -0.3 is 14.9 Å². The number of rotatable bonds is 4. The van der Waals surface area contributed by atoms with Gasteiger partial charge in [-0.3, -0.25) is 9.59 Å². The Morgan fingerprint density at radius 3 is 2.83 bits per heavy atom. The van der Waals surface area contributed by atoms with E-state index in [2.05, 4.69) is 10.3 Å². The Morgan fingerprint density at radius 1 is 1.38 bits per heavy atom. The lowest BCUT2D eigenvalue weighted by Crippen LogP contribution is -2.45. The van der Waals surface area contributed by atoms with E-state index in [1.54, 1.807) is 20.7 Å². The van der Waals surface area contributed by atoms with Gasteiger partial charge in [-0.2, -0.15) is 0 Å².